The summed E-state index contributed by atoms with van der Waals surface area (Å²) in [5.74, 6) is 2.57. The van der Waals surface area contributed by atoms with E-state index < -0.39 is 0 Å². The van der Waals surface area contributed by atoms with Crippen molar-refractivity contribution in [3.05, 3.63) is 52.9 Å². The Morgan fingerprint density at radius 3 is 2.94 bits per heavy atom. The quantitative estimate of drug-likeness (QED) is 0.646. The van der Waals surface area contributed by atoms with Crippen LogP contribution in [0.15, 0.2) is 47.3 Å². The van der Waals surface area contributed by atoms with E-state index >= 15 is 0 Å². The Labute approximate surface area is 113 Å². The first kappa shape index (κ1) is 11.0. The van der Waals surface area contributed by atoms with Crippen molar-refractivity contribution < 1.29 is 0 Å². The molecule has 4 heteroatoms. The fourth-order valence-corrected chi connectivity index (χ4v) is 2.18. The maximum absolute atomic E-state index is 5.35. The van der Waals surface area contributed by atoms with E-state index in [-0.39, 0.29) is 0 Å². The van der Waals surface area contributed by atoms with Gasteiger partial charge in [-0.1, -0.05) is 21.9 Å². The van der Waals surface area contributed by atoms with Crippen LogP contribution in [-0.2, 0) is 0 Å². The topological polar surface area (TPSA) is 30.7 Å². The lowest BCUT2D eigenvalue weighted by Gasteiger charge is -2.05. The summed E-state index contributed by atoms with van der Waals surface area (Å²) in [5, 5.41) is 5.30. The normalized spacial score (nSPS) is 10.4. The number of benzene rings is 1. The van der Waals surface area contributed by atoms with Crippen LogP contribution in [0.2, 0.25) is 0 Å². The van der Waals surface area contributed by atoms with Crippen molar-refractivity contribution >= 4 is 26.8 Å². The predicted molar refractivity (Wildman–Crippen MR) is 74.5 cm³/mol. The lowest BCUT2D eigenvalue weighted by atomic mass is 10.2. The molecule has 0 atom stereocenters. The molecular weight excluding hydrogens is 290 g/mol. The largest absolute Gasteiger partial charge is 0.256 e. The molecule has 0 aliphatic rings. The molecule has 3 nitrogen and oxygen atoms in total. The third-order valence-corrected chi connectivity index (χ3v) is 3.17. The number of pyridine rings is 1. The first-order valence-corrected chi connectivity index (χ1v) is 6.13. The molecule has 0 spiro atoms. The Balaban J connectivity index is 2.26. The highest BCUT2D eigenvalue weighted by Crippen LogP contribution is 2.23. The van der Waals surface area contributed by atoms with E-state index in [9.17, 15) is 0 Å². The highest BCUT2D eigenvalue weighted by atomic mass is 79.9. The zero-order valence-corrected chi connectivity index (χ0v) is 10.9. The van der Waals surface area contributed by atoms with Crippen molar-refractivity contribution in [2.24, 2.45) is 0 Å². The van der Waals surface area contributed by atoms with Crippen molar-refractivity contribution in [3.63, 3.8) is 0 Å². The van der Waals surface area contributed by atoms with E-state index in [1.54, 1.807) is 17.1 Å². The maximum Gasteiger partial charge on any atom is 0.0755 e. The van der Waals surface area contributed by atoms with Crippen LogP contribution in [0.5, 0.6) is 0 Å². The molecule has 3 aromatic rings. The molecule has 0 saturated carbocycles. The van der Waals surface area contributed by atoms with Gasteiger partial charge < -0.3 is 0 Å². The second-order valence-electron chi connectivity index (χ2n) is 3.81. The van der Waals surface area contributed by atoms with Gasteiger partial charge in [0.1, 0.15) is 0 Å². The predicted octanol–water partition coefficient (Wildman–Crippen LogP) is 3.16. The number of halogens is 1. The Hall–Kier alpha value is -2.12. The second kappa shape index (κ2) is 4.28. The van der Waals surface area contributed by atoms with Crippen LogP contribution in [0, 0.1) is 12.3 Å². The molecule has 0 radical (unpaired) electrons. The number of terminal acetylenes is 1. The van der Waals surface area contributed by atoms with Gasteiger partial charge in [-0.3, -0.25) is 4.98 Å². The molecule has 3 rings (SSSR count). The van der Waals surface area contributed by atoms with Crippen molar-refractivity contribution in [1.82, 2.24) is 14.8 Å². The average Bonchev–Trinajstić information content (AvgIpc) is 2.86. The summed E-state index contributed by atoms with van der Waals surface area (Å²) < 4.78 is 2.78. The fraction of sp³-hybridized carbons (Fsp3) is 0. The zero-order chi connectivity index (χ0) is 12.5. The monoisotopic (exact) mass is 297 g/mol. The van der Waals surface area contributed by atoms with Crippen molar-refractivity contribution in [1.29, 1.82) is 0 Å². The van der Waals surface area contributed by atoms with Crippen molar-refractivity contribution in [3.8, 4) is 18.0 Å². The molecule has 0 aliphatic carbocycles. The third kappa shape index (κ3) is 1.79. The lowest BCUT2D eigenvalue weighted by molar-refractivity contribution is 0.886. The number of aromatic nitrogens is 3. The van der Waals surface area contributed by atoms with Gasteiger partial charge >= 0.3 is 0 Å². The van der Waals surface area contributed by atoms with Crippen molar-refractivity contribution in [2.75, 3.05) is 0 Å². The molecule has 0 bridgehead atoms. The summed E-state index contributed by atoms with van der Waals surface area (Å²) in [6.45, 7) is 0. The van der Waals surface area contributed by atoms with Crippen LogP contribution in [0.3, 0.4) is 0 Å². The van der Waals surface area contributed by atoms with E-state index in [0.717, 1.165) is 26.6 Å². The molecule has 1 aromatic carbocycles. The highest BCUT2D eigenvalue weighted by Gasteiger charge is 2.05. The summed E-state index contributed by atoms with van der Waals surface area (Å²) in [6, 6.07) is 7.89. The summed E-state index contributed by atoms with van der Waals surface area (Å²) in [5.41, 5.74) is 2.64. The van der Waals surface area contributed by atoms with Gasteiger partial charge in [-0.25, -0.2) is 4.68 Å². The van der Waals surface area contributed by atoms with Crippen LogP contribution in [0.1, 0.15) is 5.56 Å². The minimum Gasteiger partial charge on any atom is -0.256 e. The Kier molecular flexibility index (Phi) is 2.62. The van der Waals surface area contributed by atoms with E-state index in [4.69, 9.17) is 6.42 Å². The van der Waals surface area contributed by atoms with Crippen LogP contribution < -0.4 is 0 Å². The average molecular weight is 298 g/mol. The molecule has 18 heavy (non-hydrogen) atoms. The molecule has 86 valence electrons. The fourth-order valence-electron chi connectivity index (χ4n) is 1.84. The Bertz CT molecular complexity index is 768. The first-order chi connectivity index (χ1) is 8.78. The Morgan fingerprint density at radius 2 is 2.17 bits per heavy atom. The highest BCUT2D eigenvalue weighted by molar-refractivity contribution is 9.10. The first-order valence-electron chi connectivity index (χ1n) is 5.34. The van der Waals surface area contributed by atoms with E-state index in [0.29, 0.717) is 0 Å². The number of hydrogen-bond donors (Lipinski definition) is 0. The molecular formula is C14H8BrN3. The number of rotatable bonds is 1. The lowest BCUT2D eigenvalue weighted by Crippen LogP contribution is -1.96. The minimum atomic E-state index is 0.761. The molecule has 0 N–H and O–H groups in total. The van der Waals surface area contributed by atoms with Crippen LogP contribution >= 0.6 is 15.9 Å². The van der Waals surface area contributed by atoms with Crippen LogP contribution in [0.4, 0.5) is 0 Å². The van der Waals surface area contributed by atoms with E-state index in [1.165, 1.54) is 0 Å². The molecule has 0 fully saturated rings. The van der Waals surface area contributed by atoms with E-state index in [2.05, 4.69) is 31.9 Å². The summed E-state index contributed by atoms with van der Waals surface area (Å²) >= 11 is 3.44. The SMILES string of the molecule is C#Cc1cnn(-c2ccnc3cc(Br)ccc23)c1. The van der Waals surface area contributed by atoms with Gasteiger partial charge in [0.05, 0.1) is 23.0 Å². The molecule has 2 aromatic heterocycles. The van der Waals surface area contributed by atoms with Gasteiger partial charge in [0, 0.05) is 22.3 Å². The Morgan fingerprint density at radius 1 is 1.28 bits per heavy atom. The van der Waals surface area contributed by atoms with Gasteiger partial charge in [-0.2, -0.15) is 5.10 Å². The summed E-state index contributed by atoms with van der Waals surface area (Å²) in [6.07, 6.45) is 10.6. The second-order valence-corrected chi connectivity index (χ2v) is 4.73. The smallest absolute Gasteiger partial charge is 0.0755 e. The molecule has 0 saturated heterocycles. The molecule has 0 unspecified atom stereocenters. The van der Waals surface area contributed by atoms with Crippen LogP contribution in [-0.4, -0.2) is 14.8 Å². The van der Waals surface area contributed by atoms with Gasteiger partial charge in [-0.15, -0.1) is 6.42 Å². The van der Waals surface area contributed by atoms with Gasteiger partial charge in [0.15, 0.2) is 0 Å². The number of hydrogen-bond acceptors (Lipinski definition) is 2. The standard InChI is InChI=1S/C14H8BrN3/c1-2-10-8-17-18(9-10)14-5-6-16-13-7-11(15)3-4-12(13)14/h1,3-9H. The third-order valence-electron chi connectivity index (χ3n) is 2.68. The van der Waals surface area contributed by atoms with Crippen LogP contribution in [0.25, 0.3) is 16.6 Å². The molecule has 2 heterocycles. The zero-order valence-electron chi connectivity index (χ0n) is 9.34. The van der Waals surface area contributed by atoms with Gasteiger partial charge in [-0.05, 0) is 24.3 Å². The number of fused-ring (bicyclic) bond motifs is 1. The molecule has 0 amide bonds. The summed E-state index contributed by atoms with van der Waals surface area (Å²) in [7, 11) is 0. The van der Waals surface area contributed by atoms with Gasteiger partial charge in [0.2, 0.25) is 0 Å². The molecule has 0 aliphatic heterocycles. The van der Waals surface area contributed by atoms with Crippen molar-refractivity contribution in [2.45, 2.75) is 0 Å². The minimum absolute atomic E-state index is 0.761. The summed E-state index contributed by atoms with van der Waals surface area (Å²) in [4.78, 5) is 4.34. The number of nitrogens with zero attached hydrogens (tertiary/aromatic N) is 3. The van der Waals surface area contributed by atoms with Gasteiger partial charge in [0.25, 0.3) is 0 Å². The van der Waals surface area contributed by atoms with E-state index in [1.807, 2.05) is 30.5 Å². The maximum atomic E-state index is 5.35.